The lowest BCUT2D eigenvalue weighted by atomic mass is 10.1. The van der Waals surface area contributed by atoms with Crippen LogP contribution in [-0.2, 0) is 21.4 Å². The molecule has 0 spiro atoms. The second-order valence-electron chi connectivity index (χ2n) is 8.50. The third-order valence-corrected chi connectivity index (χ3v) is 7.39. The molecule has 0 atom stereocenters. The second kappa shape index (κ2) is 11.8. The summed E-state index contributed by atoms with van der Waals surface area (Å²) in [6.07, 6.45) is 2.37. The largest absolute Gasteiger partial charge is 0.457 e. The number of hydrogen-bond donors (Lipinski definition) is 0. The predicted octanol–water partition coefficient (Wildman–Crippen LogP) is 4.33. The number of rotatable bonds is 10. The van der Waals surface area contributed by atoms with Crippen LogP contribution >= 0.6 is 0 Å². The quantitative estimate of drug-likeness (QED) is 0.222. The van der Waals surface area contributed by atoms with Gasteiger partial charge in [-0.15, -0.1) is 0 Å². The van der Waals surface area contributed by atoms with Gasteiger partial charge in [0.25, 0.3) is 0 Å². The first-order valence-electron chi connectivity index (χ1n) is 11.7. The molecule has 0 N–H and O–H groups in total. The van der Waals surface area contributed by atoms with Crippen LogP contribution in [0.2, 0.25) is 0 Å². The number of amides is 1. The smallest absolute Gasteiger partial charge is 0.242 e. The molecule has 0 fully saturated rings. The molecule has 0 unspecified atom stereocenters. The Kier molecular flexibility index (Phi) is 8.25. The average molecular weight is 531 g/mol. The number of carbonyl (C=O) groups excluding carboxylic acids is 2. The highest BCUT2D eigenvalue weighted by molar-refractivity contribution is 7.89. The first kappa shape index (κ1) is 26.6. The number of nitrogens with zero attached hydrogens (tertiary/aromatic N) is 4. The van der Waals surface area contributed by atoms with Crippen LogP contribution in [-0.4, -0.2) is 48.5 Å². The van der Waals surface area contributed by atoms with Gasteiger partial charge in [0.15, 0.2) is 5.82 Å². The van der Waals surface area contributed by atoms with Crippen molar-refractivity contribution in [2.75, 3.05) is 19.0 Å². The molecule has 0 saturated carbocycles. The van der Waals surface area contributed by atoms with Gasteiger partial charge in [-0.05, 0) is 54.1 Å². The third-order valence-electron chi connectivity index (χ3n) is 5.58. The summed E-state index contributed by atoms with van der Waals surface area (Å²) < 4.78 is 32.4. The van der Waals surface area contributed by atoms with Crippen LogP contribution in [0.4, 0.5) is 5.69 Å². The van der Waals surface area contributed by atoms with E-state index in [4.69, 9.17) is 4.74 Å². The molecule has 4 rings (SSSR count). The van der Waals surface area contributed by atoms with Gasteiger partial charge in [0.1, 0.15) is 11.5 Å². The van der Waals surface area contributed by atoms with E-state index in [1.54, 1.807) is 42.5 Å². The summed E-state index contributed by atoms with van der Waals surface area (Å²) in [6.45, 7) is 0.0961. The second-order valence-corrected chi connectivity index (χ2v) is 10.6. The summed E-state index contributed by atoms with van der Waals surface area (Å²) in [5.41, 5.74) is 1.09. The molecule has 10 heteroatoms. The molecule has 3 aromatic carbocycles. The number of benzene rings is 3. The molecule has 1 heterocycles. The fourth-order valence-electron chi connectivity index (χ4n) is 3.57. The molecular formula is C28H26N4O5S. The molecule has 1 amide bonds. The van der Waals surface area contributed by atoms with Crippen LogP contribution in [0.15, 0.2) is 102 Å². The van der Waals surface area contributed by atoms with Gasteiger partial charge in [-0.2, -0.15) is 0 Å². The zero-order chi connectivity index (χ0) is 27.1. The summed E-state index contributed by atoms with van der Waals surface area (Å²) in [6, 6.07) is 24.1. The summed E-state index contributed by atoms with van der Waals surface area (Å²) in [4.78, 5) is 35.3. The SMILES string of the molecule is CN(C)S(=O)(=O)c1cccc(N(Cc2ccc(Oc3ccccc3)cc2)C(=O)CC(=O)c2ncccn2)c1. The molecule has 0 bridgehead atoms. The lowest BCUT2D eigenvalue weighted by Crippen LogP contribution is -2.32. The van der Waals surface area contributed by atoms with Crippen molar-refractivity contribution < 1.29 is 22.7 Å². The molecule has 0 radical (unpaired) electrons. The molecule has 194 valence electrons. The van der Waals surface area contributed by atoms with Gasteiger partial charge in [0, 0.05) is 32.2 Å². The van der Waals surface area contributed by atoms with E-state index in [9.17, 15) is 18.0 Å². The number of sulfonamides is 1. The van der Waals surface area contributed by atoms with Gasteiger partial charge in [0.2, 0.25) is 21.7 Å². The van der Waals surface area contributed by atoms with Gasteiger partial charge in [0.05, 0.1) is 17.9 Å². The summed E-state index contributed by atoms with van der Waals surface area (Å²) in [5, 5.41) is 0. The zero-order valence-corrected chi connectivity index (χ0v) is 21.7. The van der Waals surface area contributed by atoms with E-state index in [1.807, 2.05) is 30.3 Å². The maximum Gasteiger partial charge on any atom is 0.242 e. The number of anilines is 1. The highest BCUT2D eigenvalue weighted by Crippen LogP contribution is 2.26. The Balaban J connectivity index is 1.62. The van der Waals surface area contributed by atoms with Gasteiger partial charge in [-0.3, -0.25) is 9.59 Å². The highest BCUT2D eigenvalue weighted by atomic mass is 32.2. The average Bonchev–Trinajstić information content (AvgIpc) is 2.93. The van der Waals surface area contributed by atoms with Crippen LogP contribution in [0.5, 0.6) is 11.5 Å². The van der Waals surface area contributed by atoms with Crippen LogP contribution in [0.1, 0.15) is 22.6 Å². The summed E-state index contributed by atoms with van der Waals surface area (Å²) in [7, 11) is -0.875. The van der Waals surface area contributed by atoms with E-state index in [2.05, 4.69) is 9.97 Å². The molecule has 0 aliphatic heterocycles. The van der Waals surface area contributed by atoms with E-state index in [0.29, 0.717) is 17.2 Å². The molecule has 9 nitrogen and oxygen atoms in total. The number of hydrogen-bond acceptors (Lipinski definition) is 7. The predicted molar refractivity (Wildman–Crippen MR) is 142 cm³/mol. The van der Waals surface area contributed by atoms with Crippen LogP contribution in [0.25, 0.3) is 0 Å². The Hall–Kier alpha value is -4.41. The summed E-state index contributed by atoms with van der Waals surface area (Å²) >= 11 is 0. The van der Waals surface area contributed by atoms with Crippen molar-refractivity contribution in [3.05, 3.63) is 109 Å². The van der Waals surface area contributed by atoms with E-state index >= 15 is 0 Å². The minimum Gasteiger partial charge on any atom is -0.457 e. The number of carbonyl (C=O) groups is 2. The van der Waals surface area contributed by atoms with Gasteiger partial charge < -0.3 is 9.64 Å². The van der Waals surface area contributed by atoms with Crippen LogP contribution < -0.4 is 9.64 Å². The van der Waals surface area contributed by atoms with Crippen molar-refractivity contribution in [2.24, 2.45) is 0 Å². The molecule has 0 aliphatic rings. The molecule has 1 aromatic heterocycles. The van der Waals surface area contributed by atoms with E-state index in [0.717, 1.165) is 9.87 Å². The third kappa shape index (κ3) is 6.47. The van der Waals surface area contributed by atoms with Gasteiger partial charge in [-0.25, -0.2) is 22.7 Å². The molecule has 38 heavy (non-hydrogen) atoms. The van der Waals surface area contributed by atoms with Crippen molar-refractivity contribution in [2.45, 2.75) is 17.9 Å². The number of aromatic nitrogens is 2. The van der Waals surface area contributed by atoms with Crippen molar-refractivity contribution in [3.63, 3.8) is 0 Å². The zero-order valence-electron chi connectivity index (χ0n) is 20.9. The lowest BCUT2D eigenvalue weighted by Gasteiger charge is -2.24. The van der Waals surface area contributed by atoms with E-state index in [1.165, 1.54) is 43.5 Å². The molecule has 4 aromatic rings. The number of para-hydroxylation sites is 1. The Morgan fingerprint density at radius 2 is 1.47 bits per heavy atom. The van der Waals surface area contributed by atoms with Crippen molar-refractivity contribution in [3.8, 4) is 11.5 Å². The Morgan fingerprint density at radius 3 is 2.13 bits per heavy atom. The van der Waals surface area contributed by atoms with Crippen molar-refractivity contribution >= 4 is 27.4 Å². The summed E-state index contributed by atoms with van der Waals surface area (Å²) in [5.74, 6) is 0.189. The molecule has 0 saturated heterocycles. The minimum atomic E-state index is -3.74. The molecule has 0 aliphatic carbocycles. The number of ether oxygens (including phenoxy) is 1. The fraction of sp³-hybridized carbons (Fsp3) is 0.143. The van der Waals surface area contributed by atoms with Gasteiger partial charge in [-0.1, -0.05) is 36.4 Å². The normalized spacial score (nSPS) is 11.2. The fourth-order valence-corrected chi connectivity index (χ4v) is 4.51. The standard InChI is InChI=1S/C28H26N4O5S/c1-31(2)38(35,36)25-11-6-8-22(18-25)32(27(34)19-26(33)28-29-16-7-17-30-28)20-21-12-14-24(15-13-21)37-23-9-4-3-5-10-23/h3-18H,19-20H2,1-2H3. The monoisotopic (exact) mass is 530 g/mol. The Labute approximate surface area is 221 Å². The Bertz CT molecular complexity index is 1510. The van der Waals surface area contributed by atoms with Crippen LogP contribution in [0, 0.1) is 0 Å². The maximum absolute atomic E-state index is 13.4. The number of ketones is 1. The van der Waals surface area contributed by atoms with E-state index < -0.39 is 28.1 Å². The van der Waals surface area contributed by atoms with E-state index in [-0.39, 0.29) is 17.3 Å². The highest BCUT2D eigenvalue weighted by Gasteiger charge is 2.24. The van der Waals surface area contributed by atoms with Crippen molar-refractivity contribution in [1.82, 2.24) is 14.3 Å². The Morgan fingerprint density at radius 1 is 0.816 bits per heavy atom. The molecular weight excluding hydrogens is 504 g/mol. The van der Waals surface area contributed by atoms with Crippen LogP contribution in [0.3, 0.4) is 0 Å². The first-order valence-corrected chi connectivity index (χ1v) is 13.1. The topological polar surface area (TPSA) is 110 Å². The lowest BCUT2D eigenvalue weighted by molar-refractivity contribution is -0.117. The number of Topliss-reactive ketones (excluding diaryl/α,β-unsaturated/α-hetero) is 1. The minimum absolute atomic E-state index is 0.0297. The van der Waals surface area contributed by atoms with Gasteiger partial charge >= 0.3 is 0 Å². The van der Waals surface area contributed by atoms with Crippen molar-refractivity contribution in [1.29, 1.82) is 0 Å². The maximum atomic E-state index is 13.4. The first-order chi connectivity index (χ1) is 18.2.